The van der Waals surface area contributed by atoms with Gasteiger partial charge >= 0.3 is 6.03 Å². The first-order chi connectivity index (χ1) is 11.2. The molecule has 4 nitrogen and oxygen atoms in total. The molecule has 126 valence electrons. The first-order valence-corrected chi connectivity index (χ1v) is 9.22. The Bertz CT molecular complexity index is 520. The van der Waals surface area contributed by atoms with E-state index in [9.17, 15) is 4.79 Å². The Morgan fingerprint density at radius 1 is 1.22 bits per heavy atom. The van der Waals surface area contributed by atoms with Crippen molar-refractivity contribution in [3.05, 3.63) is 29.3 Å². The summed E-state index contributed by atoms with van der Waals surface area (Å²) >= 11 is 5.87. The molecule has 0 spiro atoms. The standard InChI is InChI=1S/C18H26ClN3O/c1-2-10-22-16-4-3-5-17(22)12-15(11-16)21-18(23)20-14-8-6-13(19)7-9-14/h6-9,15-17H,2-5,10-12H2,1H3,(H2,20,21,23)/p+1/t15?,16-,17+. The largest absolute Gasteiger partial charge is 0.335 e. The molecule has 0 saturated carbocycles. The molecule has 2 aliphatic heterocycles. The molecule has 2 saturated heterocycles. The van der Waals surface area contributed by atoms with Crippen LogP contribution in [0.15, 0.2) is 24.3 Å². The third kappa shape index (κ3) is 4.18. The molecule has 2 amide bonds. The summed E-state index contributed by atoms with van der Waals surface area (Å²) in [4.78, 5) is 14.0. The monoisotopic (exact) mass is 336 g/mol. The van der Waals surface area contributed by atoms with E-state index in [2.05, 4.69) is 17.6 Å². The molecule has 2 aliphatic rings. The van der Waals surface area contributed by atoms with Crippen LogP contribution >= 0.6 is 11.6 Å². The molecular weight excluding hydrogens is 310 g/mol. The average Bonchev–Trinajstić information content (AvgIpc) is 2.50. The lowest BCUT2D eigenvalue weighted by molar-refractivity contribution is -0.961. The second kappa shape index (κ2) is 7.54. The predicted octanol–water partition coefficient (Wildman–Crippen LogP) is 2.84. The Morgan fingerprint density at radius 2 is 1.87 bits per heavy atom. The number of amides is 2. The molecule has 3 rings (SSSR count). The van der Waals surface area contributed by atoms with Gasteiger partial charge in [-0.1, -0.05) is 18.5 Å². The van der Waals surface area contributed by atoms with Crippen LogP contribution in [0.1, 0.15) is 45.4 Å². The highest BCUT2D eigenvalue weighted by molar-refractivity contribution is 6.30. The number of carbonyl (C=O) groups is 1. The van der Waals surface area contributed by atoms with Crippen LogP contribution in [0.25, 0.3) is 0 Å². The number of halogens is 1. The van der Waals surface area contributed by atoms with Gasteiger partial charge < -0.3 is 15.5 Å². The summed E-state index contributed by atoms with van der Waals surface area (Å²) in [6, 6.07) is 8.87. The minimum atomic E-state index is -0.102. The van der Waals surface area contributed by atoms with Gasteiger partial charge in [-0.25, -0.2) is 4.79 Å². The molecule has 3 N–H and O–H groups in total. The fourth-order valence-electron chi connectivity index (χ4n) is 4.34. The first-order valence-electron chi connectivity index (χ1n) is 8.84. The van der Waals surface area contributed by atoms with Crippen LogP contribution in [0, 0.1) is 0 Å². The second-order valence-electron chi connectivity index (χ2n) is 6.92. The van der Waals surface area contributed by atoms with Gasteiger partial charge in [0.05, 0.1) is 18.6 Å². The lowest BCUT2D eigenvalue weighted by Crippen LogP contribution is -3.21. The Kier molecular flexibility index (Phi) is 5.44. The van der Waals surface area contributed by atoms with Crippen LogP contribution in [0.5, 0.6) is 0 Å². The molecule has 1 aromatic rings. The minimum Gasteiger partial charge on any atom is -0.335 e. The molecule has 23 heavy (non-hydrogen) atoms. The van der Waals surface area contributed by atoms with Crippen molar-refractivity contribution in [3.63, 3.8) is 0 Å². The molecule has 2 bridgehead atoms. The van der Waals surface area contributed by atoms with E-state index < -0.39 is 0 Å². The highest BCUT2D eigenvalue weighted by Crippen LogP contribution is 2.22. The number of quaternary nitrogens is 1. The first kappa shape index (κ1) is 16.6. The van der Waals surface area contributed by atoms with Gasteiger partial charge in [-0.3, -0.25) is 0 Å². The van der Waals surface area contributed by atoms with Gasteiger partial charge in [0.25, 0.3) is 0 Å². The topological polar surface area (TPSA) is 45.6 Å². The van der Waals surface area contributed by atoms with Crippen molar-refractivity contribution in [1.29, 1.82) is 0 Å². The number of benzene rings is 1. The van der Waals surface area contributed by atoms with Crippen molar-refractivity contribution in [2.24, 2.45) is 0 Å². The average molecular weight is 337 g/mol. The van der Waals surface area contributed by atoms with Gasteiger partial charge in [0.1, 0.15) is 0 Å². The van der Waals surface area contributed by atoms with Crippen molar-refractivity contribution in [3.8, 4) is 0 Å². The summed E-state index contributed by atoms with van der Waals surface area (Å²) in [6.45, 7) is 3.55. The smallest absolute Gasteiger partial charge is 0.319 e. The third-order valence-electron chi connectivity index (χ3n) is 5.27. The number of rotatable bonds is 4. The van der Waals surface area contributed by atoms with Crippen LogP contribution in [0.3, 0.4) is 0 Å². The minimum absolute atomic E-state index is 0.102. The summed E-state index contributed by atoms with van der Waals surface area (Å²) in [5, 5.41) is 6.76. The van der Waals surface area contributed by atoms with E-state index in [1.807, 2.05) is 12.1 Å². The van der Waals surface area contributed by atoms with Gasteiger partial charge in [0, 0.05) is 29.6 Å². The van der Waals surface area contributed by atoms with Crippen LogP contribution in [-0.4, -0.2) is 30.7 Å². The quantitative estimate of drug-likeness (QED) is 0.778. The fraction of sp³-hybridized carbons (Fsp3) is 0.611. The molecule has 4 atom stereocenters. The van der Waals surface area contributed by atoms with Crippen molar-refractivity contribution in [2.75, 3.05) is 11.9 Å². The summed E-state index contributed by atoms with van der Waals surface area (Å²) in [7, 11) is 0. The van der Waals surface area contributed by atoms with Gasteiger partial charge in [0.2, 0.25) is 0 Å². The molecule has 1 aromatic carbocycles. The molecule has 2 heterocycles. The maximum atomic E-state index is 12.2. The van der Waals surface area contributed by atoms with E-state index in [0.717, 1.165) is 30.6 Å². The number of nitrogens with one attached hydrogen (secondary N) is 3. The highest BCUT2D eigenvalue weighted by Gasteiger charge is 2.41. The molecule has 2 unspecified atom stereocenters. The van der Waals surface area contributed by atoms with Crippen LogP contribution in [-0.2, 0) is 0 Å². The van der Waals surface area contributed by atoms with Crippen molar-refractivity contribution >= 4 is 23.3 Å². The van der Waals surface area contributed by atoms with E-state index in [4.69, 9.17) is 11.6 Å². The SMILES string of the molecule is CCC[NH+]1[C@@H]2CCC[C@H]1CC(NC(=O)Nc1ccc(Cl)cc1)C2. The van der Waals surface area contributed by atoms with E-state index in [1.54, 1.807) is 17.0 Å². The lowest BCUT2D eigenvalue weighted by Gasteiger charge is -2.45. The number of fused-ring (bicyclic) bond motifs is 2. The Labute approximate surface area is 143 Å². The number of hydrogen-bond acceptors (Lipinski definition) is 1. The number of carbonyl (C=O) groups excluding carboxylic acids is 1. The van der Waals surface area contributed by atoms with E-state index in [0.29, 0.717) is 11.1 Å². The van der Waals surface area contributed by atoms with E-state index >= 15 is 0 Å². The third-order valence-corrected chi connectivity index (χ3v) is 5.52. The predicted molar refractivity (Wildman–Crippen MR) is 94.2 cm³/mol. The molecule has 2 fully saturated rings. The number of anilines is 1. The molecule has 0 aliphatic carbocycles. The maximum absolute atomic E-state index is 12.2. The maximum Gasteiger partial charge on any atom is 0.319 e. The summed E-state index contributed by atoms with van der Waals surface area (Å²) < 4.78 is 0. The van der Waals surface area contributed by atoms with Crippen LogP contribution < -0.4 is 15.5 Å². The lowest BCUT2D eigenvalue weighted by atomic mass is 9.81. The summed E-state index contributed by atoms with van der Waals surface area (Å²) in [5.41, 5.74) is 0.779. The molecule has 5 heteroatoms. The number of piperidine rings is 2. The Balaban J connectivity index is 1.54. The van der Waals surface area contributed by atoms with Gasteiger partial charge in [-0.2, -0.15) is 0 Å². The van der Waals surface area contributed by atoms with Crippen molar-refractivity contribution < 1.29 is 9.69 Å². The van der Waals surface area contributed by atoms with Crippen LogP contribution in [0.2, 0.25) is 5.02 Å². The van der Waals surface area contributed by atoms with Crippen molar-refractivity contribution in [2.45, 2.75) is 63.6 Å². The normalized spacial score (nSPS) is 29.8. The Hall–Kier alpha value is -1.26. The summed E-state index contributed by atoms with van der Waals surface area (Å²) in [6.07, 6.45) is 7.44. The zero-order valence-electron chi connectivity index (χ0n) is 13.8. The van der Waals surface area contributed by atoms with Crippen molar-refractivity contribution in [1.82, 2.24) is 5.32 Å². The van der Waals surface area contributed by atoms with E-state index in [1.165, 1.54) is 32.2 Å². The van der Waals surface area contributed by atoms with Gasteiger partial charge in [0.15, 0.2) is 0 Å². The second-order valence-corrected chi connectivity index (χ2v) is 7.36. The van der Waals surface area contributed by atoms with Gasteiger partial charge in [-0.15, -0.1) is 0 Å². The fourth-order valence-corrected chi connectivity index (χ4v) is 4.46. The molecule has 0 radical (unpaired) electrons. The molecule has 0 aromatic heterocycles. The zero-order valence-corrected chi connectivity index (χ0v) is 14.5. The van der Waals surface area contributed by atoms with Crippen LogP contribution in [0.4, 0.5) is 10.5 Å². The number of urea groups is 1. The van der Waals surface area contributed by atoms with E-state index in [-0.39, 0.29) is 6.03 Å². The molecular formula is C18H27ClN3O+. The van der Waals surface area contributed by atoms with Gasteiger partial charge in [-0.05, 0) is 49.9 Å². The summed E-state index contributed by atoms with van der Waals surface area (Å²) in [5.74, 6) is 0. The zero-order chi connectivity index (χ0) is 16.2. The highest BCUT2D eigenvalue weighted by atomic mass is 35.5. The Morgan fingerprint density at radius 3 is 2.48 bits per heavy atom. The number of hydrogen-bond donors (Lipinski definition) is 3.